The second-order valence-corrected chi connectivity index (χ2v) is 14.0. The van der Waals surface area contributed by atoms with Gasteiger partial charge in [-0.3, -0.25) is 0 Å². The molecule has 1 heteroatoms. The molecule has 1 nitrogen and oxygen atoms in total. The molecule has 0 radical (unpaired) electrons. The van der Waals surface area contributed by atoms with Crippen LogP contribution in [0.5, 0.6) is 0 Å². The van der Waals surface area contributed by atoms with E-state index in [1.165, 1.54) is 88.3 Å². The van der Waals surface area contributed by atoms with E-state index < -0.39 is 0 Å². The quantitative estimate of drug-likeness (QED) is 0.175. The summed E-state index contributed by atoms with van der Waals surface area (Å²) in [7, 11) is 0. The lowest BCUT2D eigenvalue weighted by molar-refractivity contribution is 0.629. The number of hydrogen-bond acceptors (Lipinski definition) is 0. The van der Waals surface area contributed by atoms with Crippen LogP contribution in [0.1, 0.15) is 29.0 Å². The van der Waals surface area contributed by atoms with Crippen molar-refractivity contribution in [1.82, 2.24) is 4.57 Å². The lowest BCUT2D eigenvalue weighted by atomic mass is 9.84. The number of aryl methyl sites for hydroxylation is 1. The van der Waals surface area contributed by atoms with E-state index in [1.807, 2.05) is 0 Å². The van der Waals surface area contributed by atoms with Gasteiger partial charge in [-0.15, -0.1) is 0 Å². The summed E-state index contributed by atoms with van der Waals surface area (Å²) < 4.78 is 2.45. The molecule has 10 rings (SSSR count). The highest BCUT2D eigenvalue weighted by atomic mass is 15.0. The fraction of sp³-hybridized carbons (Fsp3) is 0.0800. The maximum atomic E-state index is 2.47. The van der Waals surface area contributed by atoms with Gasteiger partial charge < -0.3 is 4.57 Å². The summed E-state index contributed by atoms with van der Waals surface area (Å²) in [6.07, 6.45) is 3.25. The molecule has 0 saturated carbocycles. The average Bonchev–Trinajstić information content (AvgIpc) is 3.44. The van der Waals surface area contributed by atoms with E-state index in [0.29, 0.717) is 5.92 Å². The van der Waals surface area contributed by atoms with E-state index in [0.717, 1.165) is 19.3 Å². The summed E-state index contributed by atoms with van der Waals surface area (Å²) in [6, 6.07) is 67.5. The first-order chi connectivity index (χ1) is 25.3. The zero-order valence-corrected chi connectivity index (χ0v) is 28.5. The number of fused-ring (bicyclic) bond motifs is 7. The molecule has 8 aromatic carbocycles. The molecule has 1 aliphatic rings. The largest absolute Gasteiger partial charge is 0.309 e. The number of nitrogens with zero attached hydrogens (tertiary/aromatic N) is 1. The summed E-state index contributed by atoms with van der Waals surface area (Å²) in [5.41, 5.74) is 15.8. The maximum Gasteiger partial charge on any atom is 0.0541 e. The van der Waals surface area contributed by atoms with E-state index >= 15 is 0 Å². The zero-order chi connectivity index (χ0) is 33.7. The SMILES string of the molecule is c1ccc(-c2cccc(CC3CCc4ccccc4-c4cc(-c5ccc6c(c5)c5ccccc5n6-c5cccc6ccccc56)ccc43)c2)cc1. The van der Waals surface area contributed by atoms with Gasteiger partial charge >= 0.3 is 0 Å². The van der Waals surface area contributed by atoms with E-state index in [-0.39, 0.29) is 0 Å². The van der Waals surface area contributed by atoms with E-state index in [9.17, 15) is 0 Å². The zero-order valence-electron chi connectivity index (χ0n) is 28.5. The van der Waals surface area contributed by atoms with Gasteiger partial charge in [0.15, 0.2) is 0 Å². The van der Waals surface area contributed by atoms with Crippen LogP contribution in [0.3, 0.4) is 0 Å². The summed E-state index contributed by atoms with van der Waals surface area (Å²) in [5, 5.41) is 5.07. The highest BCUT2D eigenvalue weighted by molar-refractivity contribution is 6.11. The van der Waals surface area contributed by atoms with E-state index in [1.54, 1.807) is 0 Å². The van der Waals surface area contributed by atoms with Gasteiger partial charge in [-0.1, -0.05) is 152 Å². The third kappa shape index (κ3) is 5.16. The number of aromatic nitrogens is 1. The highest BCUT2D eigenvalue weighted by Crippen LogP contribution is 2.43. The molecule has 51 heavy (non-hydrogen) atoms. The third-order valence-electron chi connectivity index (χ3n) is 11.1. The van der Waals surface area contributed by atoms with Crippen LogP contribution in [-0.2, 0) is 12.8 Å². The molecule has 242 valence electrons. The van der Waals surface area contributed by atoms with Crippen molar-refractivity contribution < 1.29 is 0 Å². The van der Waals surface area contributed by atoms with Crippen molar-refractivity contribution in [2.24, 2.45) is 0 Å². The minimum absolute atomic E-state index is 0.439. The van der Waals surface area contributed by atoms with Crippen molar-refractivity contribution in [3.8, 4) is 39.1 Å². The minimum Gasteiger partial charge on any atom is -0.309 e. The Balaban J connectivity index is 1.09. The molecule has 0 amide bonds. The Labute approximate surface area is 299 Å². The second-order valence-electron chi connectivity index (χ2n) is 14.0. The number of rotatable bonds is 5. The monoisotopic (exact) mass is 651 g/mol. The Morgan fingerprint density at radius 3 is 2.08 bits per heavy atom. The summed E-state index contributed by atoms with van der Waals surface area (Å²) in [5.74, 6) is 0.439. The normalized spacial score (nSPS) is 14.0. The molecule has 1 unspecified atom stereocenters. The molecule has 0 spiro atoms. The van der Waals surface area contributed by atoms with Crippen LogP contribution < -0.4 is 0 Å². The molecule has 0 fully saturated rings. The van der Waals surface area contributed by atoms with Crippen molar-refractivity contribution in [2.75, 3.05) is 0 Å². The van der Waals surface area contributed by atoms with Crippen LogP contribution in [0.15, 0.2) is 182 Å². The molecule has 1 aliphatic carbocycles. The first-order valence-electron chi connectivity index (χ1n) is 18.2. The van der Waals surface area contributed by atoms with Gasteiger partial charge in [0.05, 0.1) is 16.7 Å². The molecule has 1 aromatic heterocycles. The molecule has 0 N–H and O–H groups in total. The molecule has 0 bridgehead atoms. The van der Waals surface area contributed by atoms with Gasteiger partial charge in [0.2, 0.25) is 0 Å². The molecule has 1 heterocycles. The van der Waals surface area contributed by atoms with Crippen LogP contribution in [0.25, 0.3) is 71.6 Å². The van der Waals surface area contributed by atoms with Gasteiger partial charge in [-0.25, -0.2) is 0 Å². The number of para-hydroxylation sites is 1. The van der Waals surface area contributed by atoms with E-state index in [4.69, 9.17) is 0 Å². The first kappa shape index (κ1) is 29.7. The van der Waals surface area contributed by atoms with Crippen molar-refractivity contribution in [3.63, 3.8) is 0 Å². The van der Waals surface area contributed by atoms with Crippen LogP contribution in [-0.4, -0.2) is 4.57 Å². The van der Waals surface area contributed by atoms with Crippen molar-refractivity contribution >= 4 is 32.6 Å². The standard InChI is InChI=1S/C50H37N/c1-2-13-35(14-3-1)38-18-10-12-34(30-38)31-41-25-24-37-16-4-6-19-42(37)46-32-39(26-28-43(41)46)40-27-29-50-47(33-40)45-21-8-9-22-49(45)51(50)48-23-11-17-36-15-5-7-20-44(36)48/h1-23,26-30,32-33,41H,24-25,31H2. The second kappa shape index (κ2) is 12.3. The lowest BCUT2D eigenvalue weighted by Gasteiger charge is -2.20. The Kier molecular flexibility index (Phi) is 7.17. The van der Waals surface area contributed by atoms with Gasteiger partial charge in [0.1, 0.15) is 0 Å². The molecule has 1 atom stereocenters. The van der Waals surface area contributed by atoms with Crippen molar-refractivity contribution in [1.29, 1.82) is 0 Å². The predicted molar refractivity (Wildman–Crippen MR) is 216 cm³/mol. The average molecular weight is 652 g/mol. The molecular weight excluding hydrogens is 615 g/mol. The van der Waals surface area contributed by atoms with Crippen LogP contribution in [0.2, 0.25) is 0 Å². The Morgan fingerprint density at radius 2 is 1.14 bits per heavy atom. The summed E-state index contributed by atoms with van der Waals surface area (Å²) >= 11 is 0. The Bertz CT molecular complexity index is 2730. The van der Waals surface area contributed by atoms with Gasteiger partial charge in [-0.2, -0.15) is 0 Å². The maximum absolute atomic E-state index is 2.47. The molecular formula is C50H37N. The van der Waals surface area contributed by atoms with Crippen LogP contribution in [0, 0.1) is 0 Å². The minimum atomic E-state index is 0.439. The van der Waals surface area contributed by atoms with Crippen LogP contribution >= 0.6 is 0 Å². The molecule has 0 saturated heterocycles. The fourth-order valence-corrected chi connectivity index (χ4v) is 8.63. The molecule has 9 aromatic rings. The topological polar surface area (TPSA) is 4.93 Å². The lowest BCUT2D eigenvalue weighted by Crippen LogP contribution is -2.04. The van der Waals surface area contributed by atoms with Crippen molar-refractivity contribution in [2.45, 2.75) is 25.2 Å². The molecule has 0 aliphatic heterocycles. The summed E-state index contributed by atoms with van der Waals surface area (Å²) in [4.78, 5) is 0. The first-order valence-corrected chi connectivity index (χ1v) is 18.2. The van der Waals surface area contributed by atoms with E-state index in [2.05, 4.69) is 187 Å². The van der Waals surface area contributed by atoms with Crippen LogP contribution in [0.4, 0.5) is 0 Å². The number of hydrogen-bond donors (Lipinski definition) is 0. The smallest absolute Gasteiger partial charge is 0.0541 e. The number of benzene rings is 8. The highest BCUT2D eigenvalue weighted by Gasteiger charge is 2.24. The Hall–Kier alpha value is -6.18. The van der Waals surface area contributed by atoms with Gasteiger partial charge in [0.25, 0.3) is 0 Å². The summed E-state index contributed by atoms with van der Waals surface area (Å²) in [6.45, 7) is 0. The Morgan fingerprint density at radius 1 is 0.451 bits per heavy atom. The van der Waals surface area contributed by atoms with Gasteiger partial charge in [-0.05, 0) is 111 Å². The van der Waals surface area contributed by atoms with Crippen molar-refractivity contribution in [3.05, 3.63) is 199 Å². The predicted octanol–water partition coefficient (Wildman–Crippen LogP) is 13.2. The third-order valence-corrected chi connectivity index (χ3v) is 11.1. The van der Waals surface area contributed by atoms with Gasteiger partial charge in [0, 0.05) is 16.2 Å². The fourth-order valence-electron chi connectivity index (χ4n) is 8.63.